The standard InChI is InChI=1S/C28H34F6O3/c1-17-19(15-20(35)16-22(17)36)7-6-18-5-3-10-24(2)21(18)8-9-23(24)25(13-14-25)11-4-12-26(37,27(29,30)31)28(32,33)34/h4,6-7,9,12,20-22,35-37H,1,3,5,8,10-11,13-16H2,2H3/t20?,21?,22-,24-/m0/s1. The number of aliphatic hydroxyl groups is 3. The summed E-state index contributed by atoms with van der Waals surface area (Å²) >= 11 is 0. The smallest absolute Gasteiger partial charge is 0.393 e. The van der Waals surface area contributed by atoms with Crippen molar-refractivity contribution < 1.29 is 41.7 Å². The third-order valence-corrected chi connectivity index (χ3v) is 8.97. The van der Waals surface area contributed by atoms with Crippen LogP contribution in [0, 0.1) is 16.7 Å². The second kappa shape index (κ2) is 9.42. The number of alkyl halides is 6. The summed E-state index contributed by atoms with van der Waals surface area (Å²) in [5, 5.41) is 29.6. The molecule has 0 aromatic rings. The van der Waals surface area contributed by atoms with Crippen LogP contribution in [0.2, 0.25) is 0 Å². The molecule has 2 unspecified atom stereocenters. The van der Waals surface area contributed by atoms with Crippen LogP contribution >= 0.6 is 0 Å². The van der Waals surface area contributed by atoms with Gasteiger partial charge < -0.3 is 15.3 Å². The molecule has 206 valence electrons. The van der Waals surface area contributed by atoms with Crippen LogP contribution in [0.3, 0.4) is 0 Å². The van der Waals surface area contributed by atoms with Crippen LogP contribution in [-0.4, -0.2) is 45.5 Å². The van der Waals surface area contributed by atoms with Gasteiger partial charge in [0.1, 0.15) is 0 Å². The highest BCUT2D eigenvalue weighted by molar-refractivity contribution is 5.42. The average molecular weight is 533 g/mol. The van der Waals surface area contributed by atoms with Crippen LogP contribution in [0.5, 0.6) is 0 Å². The van der Waals surface area contributed by atoms with Gasteiger partial charge in [0.25, 0.3) is 5.60 Å². The third kappa shape index (κ3) is 4.99. The fourth-order valence-electron chi connectivity index (χ4n) is 6.65. The molecule has 0 amide bonds. The van der Waals surface area contributed by atoms with Crippen LogP contribution in [0.25, 0.3) is 0 Å². The van der Waals surface area contributed by atoms with E-state index in [1.54, 1.807) is 0 Å². The Kier molecular flexibility index (Phi) is 7.17. The molecule has 3 saturated carbocycles. The lowest BCUT2D eigenvalue weighted by molar-refractivity contribution is -0.347. The average Bonchev–Trinajstić information content (AvgIpc) is 3.46. The second-order valence-corrected chi connectivity index (χ2v) is 11.4. The zero-order valence-electron chi connectivity index (χ0n) is 20.8. The maximum atomic E-state index is 13.1. The number of aliphatic hydroxyl groups excluding tert-OH is 2. The van der Waals surface area contributed by atoms with E-state index in [4.69, 9.17) is 0 Å². The van der Waals surface area contributed by atoms with Crippen molar-refractivity contribution >= 4 is 0 Å². The van der Waals surface area contributed by atoms with E-state index in [9.17, 15) is 41.7 Å². The minimum absolute atomic E-state index is 0.00825. The van der Waals surface area contributed by atoms with Crippen LogP contribution < -0.4 is 0 Å². The van der Waals surface area contributed by atoms with Crippen LogP contribution in [0.4, 0.5) is 26.3 Å². The van der Waals surface area contributed by atoms with Gasteiger partial charge in [-0.3, -0.25) is 0 Å². The number of rotatable bonds is 5. The van der Waals surface area contributed by atoms with Crippen molar-refractivity contribution in [2.45, 2.75) is 94.9 Å². The summed E-state index contributed by atoms with van der Waals surface area (Å²) in [6, 6.07) is 0. The molecule has 4 aliphatic rings. The summed E-state index contributed by atoms with van der Waals surface area (Å²) in [5.41, 5.74) is -1.88. The molecule has 0 radical (unpaired) electrons. The summed E-state index contributed by atoms with van der Waals surface area (Å²) < 4.78 is 78.4. The molecule has 0 aliphatic heterocycles. The normalized spacial score (nSPS) is 34.8. The number of hydrogen-bond acceptors (Lipinski definition) is 3. The summed E-state index contributed by atoms with van der Waals surface area (Å²) in [6.45, 7) is 6.08. The molecule has 3 N–H and O–H groups in total. The van der Waals surface area contributed by atoms with Crippen LogP contribution in [0.1, 0.15) is 64.7 Å². The molecular weight excluding hydrogens is 498 g/mol. The van der Waals surface area contributed by atoms with Crippen molar-refractivity contribution in [3.63, 3.8) is 0 Å². The Morgan fingerprint density at radius 3 is 2.30 bits per heavy atom. The molecule has 9 heteroatoms. The zero-order valence-corrected chi connectivity index (χ0v) is 20.8. The lowest BCUT2D eigenvalue weighted by atomic mass is 9.61. The molecule has 0 aromatic carbocycles. The summed E-state index contributed by atoms with van der Waals surface area (Å²) in [5.74, 6) is 0.170. The van der Waals surface area contributed by atoms with Crippen molar-refractivity contribution in [3.8, 4) is 0 Å². The van der Waals surface area contributed by atoms with E-state index in [0.717, 1.165) is 42.9 Å². The third-order valence-electron chi connectivity index (χ3n) is 8.97. The summed E-state index contributed by atoms with van der Waals surface area (Å²) in [6.07, 6.45) is -0.907. The lowest BCUT2D eigenvalue weighted by Crippen LogP contribution is -2.55. The highest BCUT2D eigenvalue weighted by Gasteiger charge is 2.69. The molecule has 4 atom stereocenters. The second-order valence-electron chi connectivity index (χ2n) is 11.4. The van der Waals surface area contributed by atoms with Crippen molar-refractivity contribution in [2.24, 2.45) is 16.7 Å². The van der Waals surface area contributed by atoms with E-state index >= 15 is 0 Å². The number of allylic oxidation sites excluding steroid dienone is 6. The van der Waals surface area contributed by atoms with Crippen molar-refractivity contribution in [1.29, 1.82) is 0 Å². The van der Waals surface area contributed by atoms with E-state index < -0.39 is 35.6 Å². The molecule has 0 bridgehead atoms. The van der Waals surface area contributed by atoms with Crippen molar-refractivity contribution in [1.82, 2.24) is 0 Å². The van der Waals surface area contributed by atoms with Gasteiger partial charge in [-0.05, 0) is 85.3 Å². The molecule has 0 spiro atoms. The van der Waals surface area contributed by atoms with E-state index in [-0.39, 0.29) is 30.3 Å². The number of halogens is 6. The first-order chi connectivity index (χ1) is 17.0. The molecular formula is C28H34F6O3. The van der Waals surface area contributed by atoms with E-state index in [1.165, 1.54) is 5.57 Å². The van der Waals surface area contributed by atoms with E-state index in [1.807, 2.05) is 12.2 Å². The fraction of sp³-hybridized carbons (Fsp3) is 0.643. The van der Waals surface area contributed by atoms with Gasteiger partial charge in [-0.2, -0.15) is 26.3 Å². The molecule has 4 aliphatic carbocycles. The van der Waals surface area contributed by atoms with Gasteiger partial charge in [0, 0.05) is 6.42 Å². The molecule has 4 rings (SSSR count). The van der Waals surface area contributed by atoms with Crippen molar-refractivity contribution in [3.05, 3.63) is 59.3 Å². The van der Waals surface area contributed by atoms with E-state index in [0.29, 0.717) is 24.8 Å². The predicted octanol–water partition coefficient (Wildman–Crippen LogP) is 6.63. The largest absolute Gasteiger partial charge is 0.429 e. The highest BCUT2D eigenvalue weighted by Crippen LogP contribution is 2.67. The number of fused-ring (bicyclic) bond motifs is 1. The first-order valence-corrected chi connectivity index (χ1v) is 12.7. The lowest BCUT2D eigenvalue weighted by Gasteiger charge is -2.43. The topological polar surface area (TPSA) is 60.7 Å². The van der Waals surface area contributed by atoms with Gasteiger partial charge in [0.15, 0.2) is 0 Å². The highest BCUT2D eigenvalue weighted by atomic mass is 19.4. The van der Waals surface area contributed by atoms with E-state index in [2.05, 4.69) is 19.6 Å². The quantitative estimate of drug-likeness (QED) is 0.275. The fourth-order valence-corrected chi connectivity index (χ4v) is 6.65. The molecule has 37 heavy (non-hydrogen) atoms. The molecule has 0 aromatic heterocycles. The van der Waals surface area contributed by atoms with Crippen molar-refractivity contribution in [2.75, 3.05) is 0 Å². The monoisotopic (exact) mass is 532 g/mol. The SMILES string of the molecule is C=C1C(=CC=C2CCC[C@]3(C)C(C4(CC=CC(O)(C(F)(F)F)C(F)(F)F)CC4)=CCC23)CC(O)C[C@@H]1O. The molecule has 0 heterocycles. The maximum Gasteiger partial charge on any atom is 0.429 e. The van der Waals surface area contributed by atoms with Gasteiger partial charge in [0.05, 0.1) is 12.2 Å². The Labute approximate surface area is 212 Å². The Hall–Kier alpha value is -1.84. The molecule has 0 saturated heterocycles. The summed E-state index contributed by atoms with van der Waals surface area (Å²) in [4.78, 5) is 0. The van der Waals surface area contributed by atoms with Gasteiger partial charge in [-0.25, -0.2) is 0 Å². The summed E-state index contributed by atoms with van der Waals surface area (Å²) in [7, 11) is 0. The Morgan fingerprint density at radius 1 is 1.05 bits per heavy atom. The Balaban J connectivity index is 1.53. The molecule has 3 nitrogen and oxygen atoms in total. The van der Waals surface area contributed by atoms with Gasteiger partial charge in [0.2, 0.25) is 0 Å². The van der Waals surface area contributed by atoms with Gasteiger partial charge in [-0.15, -0.1) is 0 Å². The molecule has 3 fully saturated rings. The Morgan fingerprint density at radius 2 is 1.70 bits per heavy atom. The van der Waals surface area contributed by atoms with Crippen LogP contribution in [-0.2, 0) is 0 Å². The minimum atomic E-state index is -5.87. The van der Waals surface area contributed by atoms with Gasteiger partial charge in [-0.1, -0.05) is 49.0 Å². The first kappa shape index (κ1) is 28.2. The maximum absolute atomic E-state index is 13.1. The number of hydrogen-bond donors (Lipinski definition) is 3. The zero-order chi connectivity index (χ0) is 27.4. The minimum Gasteiger partial charge on any atom is -0.393 e. The predicted molar refractivity (Wildman–Crippen MR) is 127 cm³/mol. The first-order valence-electron chi connectivity index (χ1n) is 12.7. The van der Waals surface area contributed by atoms with Crippen LogP contribution in [0.15, 0.2) is 59.3 Å². The van der Waals surface area contributed by atoms with Gasteiger partial charge >= 0.3 is 12.4 Å². The Bertz CT molecular complexity index is 1030.